The monoisotopic (exact) mass is 541 g/mol. The number of ether oxygens (including phenoxy) is 1. The van der Waals surface area contributed by atoms with Crippen molar-refractivity contribution in [2.45, 2.75) is 58.2 Å². The molecule has 0 spiro atoms. The van der Waals surface area contributed by atoms with E-state index in [4.69, 9.17) is 9.16 Å². The zero-order valence-electron chi connectivity index (χ0n) is 23.5. The Morgan fingerprint density at radius 1 is 0.949 bits per heavy atom. The quantitative estimate of drug-likeness (QED) is 0.237. The first-order valence-corrected chi connectivity index (χ1v) is 15.6. The molecule has 1 saturated heterocycles. The van der Waals surface area contributed by atoms with Crippen molar-refractivity contribution in [2.75, 3.05) is 6.61 Å². The smallest absolute Gasteiger partial charge is 0.417 e. The Morgan fingerprint density at radius 2 is 1.46 bits per heavy atom. The fraction of sp³-hybridized carbons (Fsp3) is 0.333. The van der Waals surface area contributed by atoms with Crippen LogP contribution in [0.3, 0.4) is 0 Å². The van der Waals surface area contributed by atoms with Gasteiger partial charge in [0.05, 0.1) is 12.1 Å². The Balaban J connectivity index is 1.73. The van der Waals surface area contributed by atoms with E-state index in [1.165, 1.54) is 21.3 Å². The van der Waals surface area contributed by atoms with Crippen LogP contribution in [0, 0.1) is 5.92 Å². The van der Waals surface area contributed by atoms with Gasteiger partial charge in [-0.1, -0.05) is 132 Å². The van der Waals surface area contributed by atoms with Gasteiger partial charge in [-0.3, -0.25) is 4.79 Å². The largest absolute Gasteiger partial charge is 0.447 e. The zero-order chi connectivity index (χ0) is 28.0. The van der Waals surface area contributed by atoms with Crippen molar-refractivity contribution in [1.29, 1.82) is 0 Å². The molecule has 39 heavy (non-hydrogen) atoms. The summed E-state index contributed by atoms with van der Waals surface area (Å²) in [6, 6.07) is 31.0. The molecule has 2 atom stereocenters. The standard InChI is InChI=1S/C33H39NO4Si/c1-25(2)29-24-37-32(36)34(29)31(35)23-15-22-30(26-16-9-6-10-17-26)38-39(33(3,4)5,27-18-11-7-12-19-27)28-20-13-8-14-21-28/h6-21,23,25,29-30H,22,24H2,1-5H3/b23-15+/t29-,30+/m1/s1. The number of hydrogen-bond donors (Lipinski definition) is 0. The summed E-state index contributed by atoms with van der Waals surface area (Å²) in [5.41, 5.74) is 1.04. The molecule has 1 heterocycles. The third kappa shape index (κ3) is 6.07. The highest BCUT2D eigenvalue weighted by Crippen LogP contribution is 2.40. The molecule has 0 aromatic heterocycles. The minimum Gasteiger partial charge on any atom is -0.447 e. The van der Waals surface area contributed by atoms with E-state index in [9.17, 15) is 9.59 Å². The highest BCUT2D eigenvalue weighted by molar-refractivity contribution is 6.99. The van der Waals surface area contributed by atoms with Gasteiger partial charge in [0.1, 0.15) is 6.61 Å². The van der Waals surface area contributed by atoms with Crippen molar-refractivity contribution >= 4 is 30.7 Å². The van der Waals surface area contributed by atoms with E-state index in [1.54, 1.807) is 0 Å². The molecule has 1 fully saturated rings. The second kappa shape index (κ2) is 12.1. The molecule has 2 amide bonds. The van der Waals surface area contributed by atoms with Gasteiger partial charge in [0.15, 0.2) is 0 Å². The highest BCUT2D eigenvalue weighted by atomic mass is 28.4. The van der Waals surface area contributed by atoms with Crippen molar-refractivity contribution in [2.24, 2.45) is 5.92 Å². The van der Waals surface area contributed by atoms with Gasteiger partial charge in [0.25, 0.3) is 14.2 Å². The van der Waals surface area contributed by atoms with E-state index in [0.29, 0.717) is 6.42 Å². The Bertz CT molecular complexity index is 1230. The van der Waals surface area contributed by atoms with Gasteiger partial charge in [-0.15, -0.1) is 0 Å². The molecule has 0 bridgehead atoms. The number of imide groups is 1. The van der Waals surface area contributed by atoms with Crippen LogP contribution in [0.25, 0.3) is 0 Å². The number of benzene rings is 3. The lowest BCUT2D eigenvalue weighted by Gasteiger charge is -2.45. The summed E-state index contributed by atoms with van der Waals surface area (Å²) >= 11 is 0. The van der Waals surface area contributed by atoms with Crippen LogP contribution in [-0.2, 0) is 14.0 Å². The van der Waals surface area contributed by atoms with E-state index in [1.807, 2.05) is 50.3 Å². The van der Waals surface area contributed by atoms with Crippen molar-refractivity contribution in [3.05, 3.63) is 109 Å². The maximum Gasteiger partial charge on any atom is 0.417 e. The Kier molecular flexibility index (Phi) is 8.88. The number of carbonyl (C=O) groups is 2. The van der Waals surface area contributed by atoms with Gasteiger partial charge in [-0.05, 0) is 39.4 Å². The molecule has 5 nitrogen and oxygen atoms in total. The first-order valence-electron chi connectivity index (χ1n) is 13.7. The van der Waals surface area contributed by atoms with Gasteiger partial charge in [-0.2, -0.15) is 0 Å². The second-order valence-corrected chi connectivity index (χ2v) is 15.7. The summed E-state index contributed by atoms with van der Waals surface area (Å²) in [6.45, 7) is 11.0. The van der Waals surface area contributed by atoms with Gasteiger partial charge in [0, 0.05) is 0 Å². The third-order valence-electron chi connectivity index (χ3n) is 7.43. The molecule has 0 unspecified atom stereocenters. The van der Waals surface area contributed by atoms with Gasteiger partial charge >= 0.3 is 6.09 Å². The molecule has 0 radical (unpaired) electrons. The van der Waals surface area contributed by atoms with Crippen LogP contribution < -0.4 is 10.4 Å². The predicted molar refractivity (Wildman–Crippen MR) is 158 cm³/mol. The molecular weight excluding hydrogens is 502 g/mol. The average molecular weight is 542 g/mol. The van der Waals surface area contributed by atoms with Gasteiger partial charge in [-0.25, -0.2) is 9.69 Å². The number of carbonyl (C=O) groups excluding carboxylic acids is 2. The predicted octanol–water partition coefficient (Wildman–Crippen LogP) is 6.25. The molecular formula is C33H39NO4Si. The van der Waals surface area contributed by atoms with Crippen molar-refractivity contribution in [3.8, 4) is 0 Å². The van der Waals surface area contributed by atoms with Gasteiger partial charge in [0.2, 0.25) is 0 Å². The molecule has 4 rings (SSSR count). The van der Waals surface area contributed by atoms with Crippen LogP contribution in [0.5, 0.6) is 0 Å². The second-order valence-electron chi connectivity index (χ2n) is 11.4. The lowest BCUT2D eigenvalue weighted by molar-refractivity contribution is -0.124. The number of amides is 2. The number of cyclic esters (lactones) is 1. The number of hydrogen-bond acceptors (Lipinski definition) is 4. The third-order valence-corrected chi connectivity index (χ3v) is 12.5. The number of rotatable bonds is 9. The van der Waals surface area contributed by atoms with Crippen LogP contribution in [0.1, 0.15) is 52.7 Å². The van der Waals surface area contributed by atoms with Gasteiger partial charge < -0.3 is 9.16 Å². The lowest BCUT2D eigenvalue weighted by atomic mass is 10.0. The first-order chi connectivity index (χ1) is 18.6. The molecule has 1 aliphatic rings. The van der Waals surface area contributed by atoms with Crippen LogP contribution in [-0.4, -0.2) is 37.9 Å². The first kappa shape index (κ1) is 28.5. The normalized spacial score (nSPS) is 17.0. The summed E-state index contributed by atoms with van der Waals surface area (Å²) in [4.78, 5) is 26.6. The summed E-state index contributed by atoms with van der Waals surface area (Å²) in [5, 5.41) is 2.21. The van der Waals surface area contributed by atoms with Crippen molar-refractivity contribution in [3.63, 3.8) is 0 Å². The van der Waals surface area contributed by atoms with Crippen LogP contribution in [0.4, 0.5) is 4.79 Å². The summed E-state index contributed by atoms with van der Waals surface area (Å²) < 4.78 is 12.6. The average Bonchev–Trinajstić information content (AvgIpc) is 3.33. The molecule has 0 saturated carbocycles. The molecule has 0 N–H and O–H groups in total. The van der Waals surface area contributed by atoms with E-state index >= 15 is 0 Å². The molecule has 6 heteroatoms. The van der Waals surface area contributed by atoms with Crippen molar-refractivity contribution in [1.82, 2.24) is 4.90 Å². The highest BCUT2D eigenvalue weighted by Gasteiger charge is 2.51. The molecule has 204 valence electrons. The van der Waals surface area contributed by atoms with E-state index in [-0.39, 0.29) is 35.6 Å². The summed E-state index contributed by atoms with van der Waals surface area (Å²) in [7, 11) is -2.84. The molecule has 3 aromatic carbocycles. The molecule has 0 aliphatic carbocycles. The SMILES string of the molecule is CC(C)[C@H]1COC(=O)N1C(=O)/C=C/C[C@H](O[Si](c1ccccc1)(c1ccccc1)C(C)(C)C)c1ccccc1. The maximum absolute atomic E-state index is 13.1. The summed E-state index contributed by atoms with van der Waals surface area (Å²) in [5.74, 6) is -0.238. The summed E-state index contributed by atoms with van der Waals surface area (Å²) in [6.07, 6.45) is 2.93. The molecule has 1 aliphatic heterocycles. The van der Waals surface area contributed by atoms with E-state index < -0.39 is 14.4 Å². The number of nitrogens with zero attached hydrogens (tertiary/aromatic N) is 1. The Labute approximate surface area is 233 Å². The minimum absolute atomic E-state index is 0.115. The Morgan fingerprint density at radius 3 is 1.95 bits per heavy atom. The van der Waals surface area contributed by atoms with Crippen LogP contribution >= 0.6 is 0 Å². The fourth-order valence-corrected chi connectivity index (χ4v) is 10.1. The van der Waals surface area contributed by atoms with Crippen LogP contribution in [0.15, 0.2) is 103 Å². The fourth-order valence-electron chi connectivity index (χ4n) is 5.38. The maximum atomic E-state index is 13.1. The van der Waals surface area contributed by atoms with Crippen LogP contribution in [0.2, 0.25) is 5.04 Å². The van der Waals surface area contributed by atoms with E-state index in [2.05, 4.69) is 81.4 Å². The van der Waals surface area contributed by atoms with Crippen molar-refractivity contribution < 1.29 is 18.8 Å². The molecule has 3 aromatic rings. The Hall–Kier alpha value is -3.48. The minimum atomic E-state index is -2.84. The van der Waals surface area contributed by atoms with E-state index in [0.717, 1.165) is 5.56 Å². The zero-order valence-corrected chi connectivity index (χ0v) is 24.5. The topological polar surface area (TPSA) is 55.8 Å². The lowest BCUT2D eigenvalue weighted by Crippen LogP contribution is -2.66.